The highest BCUT2D eigenvalue weighted by atomic mass is 16.6. The van der Waals surface area contributed by atoms with Gasteiger partial charge in [0.2, 0.25) is 11.8 Å². The van der Waals surface area contributed by atoms with Gasteiger partial charge in [-0.05, 0) is 40.2 Å². The smallest absolute Gasteiger partial charge is 0.408 e. The van der Waals surface area contributed by atoms with Gasteiger partial charge in [0.15, 0.2) is 0 Å². The molecule has 0 spiro atoms. The van der Waals surface area contributed by atoms with E-state index in [1.807, 2.05) is 62.4 Å². The van der Waals surface area contributed by atoms with Crippen molar-refractivity contribution in [2.75, 3.05) is 13.1 Å². The number of hydrogen-bond acceptors (Lipinski definition) is 6. The number of rotatable bonds is 8. The summed E-state index contributed by atoms with van der Waals surface area (Å²) in [6, 6.07) is 18.5. The molecule has 2 rings (SSSR count). The molecule has 2 aromatic carbocycles. The van der Waals surface area contributed by atoms with Gasteiger partial charge in [0.1, 0.15) is 31.3 Å². The van der Waals surface area contributed by atoms with Crippen LogP contribution in [0.3, 0.4) is 0 Å². The quantitative estimate of drug-likeness (QED) is 0.458. The lowest BCUT2D eigenvalue weighted by atomic mass is 10.2. The number of ether oxygens (including phenoxy) is 2. The second kappa shape index (κ2) is 18.4. The van der Waals surface area contributed by atoms with Gasteiger partial charge >= 0.3 is 12.1 Å². The maximum absolute atomic E-state index is 11.9. The fourth-order valence-electron chi connectivity index (χ4n) is 2.46. The molecular formula is C28H41N3O6. The first-order chi connectivity index (χ1) is 17.5. The fraction of sp³-hybridized carbons (Fsp3) is 0.429. The highest BCUT2D eigenvalue weighted by molar-refractivity contribution is 5.90. The number of hydrogen-bond donors (Lipinski definition) is 3. The minimum absolute atomic E-state index is 0.109. The summed E-state index contributed by atoms with van der Waals surface area (Å²) in [5, 5.41) is 7.07. The van der Waals surface area contributed by atoms with Crippen LogP contribution in [0.1, 0.15) is 52.7 Å². The Kier molecular flexibility index (Phi) is 16.5. The maximum Gasteiger partial charge on any atom is 0.408 e. The molecule has 3 N–H and O–H groups in total. The average Bonchev–Trinajstić information content (AvgIpc) is 2.86. The van der Waals surface area contributed by atoms with Gasteiger partial charge in [0, 0.05) is 0 Å². The molecule has 204 valence electrons. The average molecular weight is 516 g/mol. The Morgan fingerprint density at radius 2 is 1.38 bits per heavy atom. The Balaban J connectivity index is 0.00000121. The maximum atomic E-state index is 11.9. The zero-order chi connectivity index (χ0) is 28.3. The van der Waals surface area contributed by atoms with E-state index in [-0.39, 0.29) is 19.7 Å². The minimum atomic E-state index is -0.894. The number of carbonyl (C=O) groups is 4. The van der Waals surface area contributed by atoms with Crippen molar-refractivity contribution in [2.45, 2.75) is 66.7 Å². The third-order valence-electron chi connectivity index (χ3n) is 4.15. The third-order valence-corrected chi connectivity index (χ3v) is 4.15. The lowest BCUT2D eigenvalue weighted by Gasteiger charge is -2.20. The Bertz CT molecular complexity index is 943. The Hall–Kier alpha value is -3.88. The normalized spacial score (nSPS) is 10.7. The van der Waals surface area contributed by atoms with Gasteiger partial charge in [-0.2, -0.15) is 0 Å². The van der Waals surface area contributed by atoms with Crippen LogP contribution in [-0.4, -0.2) is 48.6 Å². The highest BCUT2D eigenvalue weighted by Gasteiger charge is 2.19. The van der Waals surface area contributed by atoms with Crippen molar-refractivity contribution >= 4 is 23.9 Å². The monoisotopic (exact) mass is 515 g/mol. The number of esters is 1. The molecule has 9 nitrogen and oxygen atoms in total. The predicted octanol–water partition coefficient (Wildman–Crippen LogP) is 3.90. The van der Waals surface area contributed by atoms with Crippen molar-refractivity contribution in [3.8, 4) is 0 Å². The molecule has 9 heteroatoms. The Morgan fingerprint density at radius 3 is 1.86 bits per heavy atom. The van der Waals surface area contributed by atoms with Gasteiger partial charge < -0.3 is 25.4 Å². The summed E-state index contributed by atoms with van der Waals surface area (Å²) in [6.45, 7) is 12.1. The van der Waals surface area contributed by atoms with E-state index in [1.54, 1.807) is 20.8 Å². The summed E-state index contributed by atoms with van der Waals surface area (Å²) in [4.78, 5) is 46.9. The molecule has 0 aliphatic rings. The second-order valence-electron chi connectivity index (χ2n) is 8.66. The molecule has 0 aliphatic carbocycles. The summed E-state index contributed by atoms with van der Waals surface area (Å²) in [7, 11) is 0. The zero-order valence-corrected chi connectivity index (χ0v) is 22.9. The molecule has 3 amide bonds. The van der Waals surface area contributed by atoms with E-state index >= 15 is 0 Å². The Morgan fingerprint density at radius 1 is 0.838 bits per heavy atom. The van der Waals surface area contributed by atoms with Crippen LogP contribution in [0.25, 0.3) is 0 Å². The van der Waals surface area contributed by atoms with Gasteiger partial charge in [0.05, 0.1) is 0 Å². The van der Waals surface area contributed by atoms with Crippen LogP contribution in [0.2, 0.25) is 0 Å². The molecule has 0 bridgehead atoms. The van der Waals surface area contributed by atoms with E-state index in [0.717, 1.165) is 5.56 Å². The van der Waals surface area contributed by atoms with E-state index in [9.17, 15) is 19.2 Å². The summed E-state index contributed by atoms with van der Waals surface area (Å²) >= 11 is 0. The zero-order valence-electron chi connectivity index (χ0n) is 22.9. The number of amides is 3. The van der Waals surface area contributed by atoms with E-state index < -0.39 is 35.5 Å². The van der Waals surface area contributed by atoms with Gasteiger partial charge in [-0.25, -0.2) is 4.79 Å². The summed E-state index contributed by atoms with van der Waals surface area (Å²) < 4.78 is 10.0. The number of carbonyl (C=O) groups excluding carboxylic acids is 4. The number of aryl methyl sites for hydroxylation is 1. The molecule has 0 heterocycles. The molecular weight excluding hydrogens is 474 g/mol. The molecule has 1 atom stereocenters. The second-order valence-corrected chi connectivity index (χ2v) is 8.66. The standard InChI is InChI=1S/C19H27N3O6.C7H8.C2H6/c1-13(22-15(23)10-21-18(26)28-19(2,3)4)17(25)20-11-16(24)27-12-14-8-6-5-7-9-14;1-7-5-3-2-4-6-7;1-2/h5-9,13H,10-12H2,1-4H3,(H,20,25)(H,21,26)(H,22,23);2-6H,1H3;1-2H3/t13-;;/m0../s1. The van der Waals surface area contributed by atoms with Crippen LogP contribution in [0.4, 0.5) is 4.79 Å². The minimum Gasteiger partial charge on any atom is -0.460 e. The summed E-state index contributed by atoms with van der Waals surface area (Å²) in [6.07, 6.45) is -0.735. The molecule has 2 aromatic rings. The molecule has 37 heavy (non-hydrogen) atoms. The molecule has 0 aromatic heterocycles. The van der Waals surface area contributed by atoms with Crippen molar-refractivity contribution in [3.05, 3.63) is 71.8 Å². The van der Waals surface area contributed by atoms with Crippen LogP contribution in [0.15, 0.2) is 60.7 Å². The molecule has 0 unspecified atom stereocenters. The number of alkyl carbamates (subject to hydrolysis) is 1. The largest absolute Gasteiger partial charge is 0.460 e. The van der Waals surface area contributed by atoms with E-state index in [1.165, 1.54) is 12.5 Å². The first-order valence-corrected chi connectivity index (χ1v) is 12.2. The molecule has 0 radical (unpaired) electrons. The molecule has 0 aliphatic heterocycles. The van der Waals surface area contributed by atoms with Crippen LogP contribution < -0.4 is 16.0 Å². The van der Waals surface area contributed by atoms with Crippen LogP contribution >= 0.6 is 0 Å². The fourth-order valence-corrected chi connectivity index (χ4v) is 2.46. The SMILES string of the molecule is CC.C[C@H](NC(=O)CNC(=O)OC(C)(C)C)C(=O)NCC(=O)OCc1ccccc1.Cc1ccccc1. The van der Waals surface area contributed by atoms with Gasteiger partial charge in [-0.15, -0.1) is 0 Å². The highest BCUT2D eigenvalue weighted by Crippen LogP contribution is 2.06. The van der Waals surface area contributed by atoms with Crippen molar-refractivity contribution < 1.29 is 28.7 Å². The first kappa shape index (κ1) is 33.1. The van der Waals surface area contributed by atoms with E-state index in [2.05, 4.69) is 35.0 Å². The molecule has 0 saturated heterocycles. The Labute approximate surface area is 220 Å². The van der Waals surface area contributed by atoms with Crippen LogP contribution in [0.5, 0.6) is 0 Å². The van der Waals surface area contributed by atoms with Crippen molar-refractivity contribution in [3.63, 3.8) is 0 Å². The lowest BCUT2D eigenvalue weighted by Crippen LogP contribution is -2.49. The molecule has 0 fully saturated rings. The van der Waals surface area contributed by atoms with Gasteiger partial charge in [-0.3, -0.25) is 14.4 Å². The van der Waals surface area contributed by atoms with Crippen molar-refractivity contribution in [1.29, 1.82) is 0 Å². The van der Waals surface area contributed by atoms with Crippen LogP contribution in [-0.2, 0) is 30.5 Å². The van der Waals surface area contributed by atoms with Crippen molar-refractivity contribution in [2.24, 2.45) is 0 Å². The van der Waals surface area contributed by atoms with Gasteiger partial charge in [-0.1, -0.05) is 80.1 Å². The van der Waals surface area contributed by atoms with E-state index in [0.29, 0.717) is 0 Å². The summed E-state index contributed by atoms with van der Waals surface area (Å²) in [5.41, 5.74) is 1.48. The number of nitrogens with one attached hydrogen (secondary N) is 3. The third kappa shape index (κ3) is 18.1. The first-order valence-electron chi connectivity index (χ1n) is 12.2. The van der Waals surface area contributed by atoms with Crippen LogP contribution in [0, 0.1) is 6.92 Å². The van der Waals surface area contributed by atoms with Gasteiger partial charge in [0.25, 0.3) is 0 Å². The molecule has 0 saturated carbocycles. The predicted molar refractivity (Wildman–Crippen MR) is 144 cm³/mol. The summed E-state index contributed by atoms with van der Waals surface area (Å²) in [5.74, 6) is -1.72. The van der Waals surface area contributed by atoms with E-state index in [4.69, 9.17) is 9.47 Å². The lowest BCUT2D eigenvalue weighted by molar-refractivity contribution is -0.145. The van der Waals surface area contributed by atoms with Crippen molar-refractivity contribution in [1.82, 2.24) is 16.0 Å². The number of benzene rings is 2. The topological polar surface area (TPSA) is 123 Å².